The molecule has 0 aliphatic carbocycles. The molecule has 5 heteroatoms. The molecule has 0 bridgehead atoms. The molecule has 0 saturated carbocycles. The summed E-state index contributed by atoms with van der Waals surface area (Å²) in [5.74, 6) is 0.702. The highest BCUT2D eigenvalue weighted by molar-refractivity contribution is 7.13. The molecule has 0 spiro atoms. The molecular formula is C12H14N2O2S. The van der Waals surface area contributed by atoms with Gasteiger partial charge in [0.15, 0.2) is 0 Å². The van der Waals surface area contributed by atoms with Crippen LogP contribution < -0.4 is 5.32 Å². The zero-order valence-corrected chi connectivity index (χ0v) is 10.9. The van der Waals surface area contributed by atoms with Crippen LogP contribution in [0, 0.1) is 20.8 Å². The number of nitrogens with zero attached hydrogens (tertiary/aromatic N) is 1. The van der Waals surface area contributed by atoms with Crippen molar-refractivity contribution in [3.05, 3.63) is 38.9 Å². The van der Waals surface area contributed by atoms with Crippen molar-refractivity contribution in [2.24, 2.45) is 0 Å². The van der Waals surface area contributed by atoms with Gasteiger partial charge in [-0.25, -0.2) is 0 Å². The van der Waals surface area contributed by atoms with Crippen LogP contribution in [0.3, 0.4) is 0 Å². The van der Waals surface area contributed by atoms with E-state index in [0.29, 0.717) is 6.54 Å². The zero-order valence-electron chi connectivity index (χ0n) is 10.0. The summed E-state index contributed by atoms with van der Waals surface area (Å²) in [6.45, 7) is 6.15. The molecular weight excluding hydrogens is 236 g/mol. The Hall–Kier alpha value is -1.62. The molecule has 0 aliphatic heterocycles. The third kappa shape index (κ3) is 2.55. The van der Waals surface area contributed by atoms with Crippen LogP contribution in [0.5, 0.6) is 0 Å². The van der Waals surface area contributed by atoms with E-state index in [1.807, 2.05) is 32.9 Å². The van der Waals surface area contributed by atoms with Crippen molar-refractivity contribution in [3.8, 4) is 0 Å². The van der Waals surface area contributed by atoms with E-state index < -0.39 is 0 Å². The third-order valence-corrected chi connectivity index (χ3v) is 3.57. The second-order valence-corrected chi connectivity index (χ2v) is 5.18. The maximum absolute atomic E-state index is 11.8. The smallest absolute Gasteiger partial charge is 0.261 e. The first-order valence-electron chi connectivity index (χ1n) is 5.34. The Kier molecular flexibility index (Phi) is 3.28. The van der Waals surface area contributed by atoms with Crippen molar-refractivity contribution < 1.29 is 9.32 Å². The van der Waals surface area contributed by atoms with Crippen molar-refractivity contribution in [2.75, 3.05) is 0 Å². The van der Waals surface area contributed by atoms with Gasteiger partial charge in [-0.15, -0.1) is 11.3 Å². The van der Waals surface area contributed by atoms with E-state index in [1.54, 1.807) is 0 Å². The van der Waals surface area contributed by atoms with Gasteiger partial charge in [-0.05, 0) is 32.9 Å². The number of carbonyl (C=O) groups is 1. The molecule has 0 radical (unpaired) electrons. The Balaban J connectivity index is 2.02. The highest BCUT2D eigenvalue weighted by Gasteiger charge is 2.12. The van der Waals surface area contributed by atoms with Crippen molar-refractivity contribution in [1.82, 2.24) is 10.5 Å². The molecule has 4 nitrogen and oxygen atoms in total. The Morgan fingerprint density at radius 2 is 2.18 bits per heavy atom. The number of aryl methyl sites for hydroxylation is 3. The maximum atomic E-state index is 11.8. The summed E-state index contributed by atoms with van der Waals surface area (Å²) in [5.41, 5.74) is 1.77. The Morgan fingerprint density at radius 1 is 1.41 bits per heavy atom. The monoisotopic (exact) mass is 250 g/mol. The molecule has 0 saturated heterocycles. The molecule has 1 amide bonds. The highest BCUT2D eigenvalue weighted by atomic mass is 32.1. The average molecular weight is 250 g/mol. The van der Waals surface area contributed by atoms with Crippen molar-refractivity contribution >= 4 is 17.2 Å². The lowest BCUT2D eigenvalue weighted by atomic mass is 10.2. The Morgan fingerprint density at radius 3 is 2.71 bits per heavy atom. The van der Waals surface area contributed by atoms with Gasteiger partial charge in [0.05, 0.1) is 10.6 Å². The molecule has 1 N–H and O–H groups in total. The van der Waals surface area contributed by atoms with Crippen molar-refractivity contribution in [2.45, 2.75) is 27.3 Å². The quantitative estimate of drug-likeness (QED) is 0.911. The number of hydrogen-bond acceptors (Lipinski definition) is 4. The normalized spacial score (nSPS) is 10.5. The highest BCUT2D eigenvalue weighted by Crippen LogP contribution is 2.16. The van der Waals surface area contributed by atoms with Crippen molar-refractivity contribution in [1.29, 1.82) is 0 Å². The van der Waals surface area contributed by atoms with E-state index in [2.05, 4.69) is 10.5 Å². The summed E-state index contributed by atoms with van der Waals surface area (Å²) in [7, 11) is 0. The van der Waals surface area contributed by atoms with Gasteiger partial charge < -0.3 is 9.84 Å². The van der Waals surface area contributed by atoms with E-state index in [0.717, 1.165) is 26.8 Å². The summed E-state index contributed by atoms with van der Waals surface area (Å²) in [5, 5.41) is 6.72. The van der Waals surface area contributed by atoms with Crippen LogP contribution in [0.25, 0.3) is 0 Å². The number of aromatic nitrogens is 1. The number of carbonyl (C=O) groups excluding carboxylic acids is 1. The number of thiophene rings is 1. The van der Waals surface area contributed by atoms with Crippen LogP contribution >= 0.6 is 11.3 Å². The van der Waals surface area contributed by atoms with E-state index in [4.69, 9.17) is 4.52 Å². The van der Waals surface area contributed by atoms with Crippen LogP contribution in [0.1, 0.15) is 31.6 Å². The van der Waals surface area contributed by atoms with Crippen LogP contribution in [0.4, 0.5) is 0 Å². The largest absolute Gasteiger partial charge is 0.361 e. The molecule has 90 valence electrons. The lowest BCUT2D eigenvalue weighted by Gasteiger charge is -2.02. The van der Waals surface area contributed by atoms with Gasteiger partial charge in [-0.2, -0.15) is 0 Å². The molecule has 2 rings (SSSR count). The summed E-state index contributed by atoms with van der Waals surface area (Å²) in [6, 6.07) is 3.78. The van der Waals surface area contributed by atoms with E-state index >= 15 is 0 Å². The van der Waals surface area contributed by atoms with Crippen LogP contribution in [0.2, 0.25) is 0 Å². The Labute approximate surface area is 104 Å². The van der Waals surface area contributed by atoms with Gasteiger partial charge in [-0.1, -0.05) is 5.16 Å². The second kappa shape index (κ2) is 4.71. The van der Waals surface area contributed by atoms with Crippen LogP contribution in [-0.2, 0) is 6.54 Å². The average Bonchev–Trinajstić information content (AvgIpc) is 2.84. The second-order valence-electron chi connectivity index (χ2n) is 3.90. The Bertz CT molecular complexity index is 523. The fourth-order valence-electron chi connectivity index (χ4n) is 1.57. The summed E-state index contributed by atoms with van der Waals surface area (Å²) < 4.78 is 5.04. The first-order chi connectivity index (χ1) is 8.08. The van der Waals surface area contributed by atoms with Crippen molar-refractivity contribution in [3.63, 3.8) is 0 Å². The molecule has 0 fully saturated rings. The predicted octanol–water partition coefficient (Wildman–Crippen LogP) is 2.59. The molecule has 2 aromatic heterocycles. The molecule has 0 unspecified atom stereocenters. The predicted molar refractivity (Wildman–Crippen MR) is 66.2 cm³/mol. The molecule has 2 heterocycles. The molecule has 0 aromatic carbocycles. The topological polar surface area (TPSA) is 55.1 Å². The van der Waals surface area contributed by atoms with Crippen LogP contribution in [-0.4, -0.2) is 11.1 Å². The van der Waals surface area contributed by atoms with Crippen LogP contribution in [0.15, 0.2) is 16.7 Å². The lowest BCUT2D eigenvalue weighted by molar-refractivity contribution is 0.0955. The maximum Gasteiger partial charge on any atom is 0.261 e. The van der Waals surface area contributed by atoms with Gasteiger partial charge in [0.25, 0.3) is 5.91 Å². The third-order valence-electron chi connectivity index (χ3n) is 2.57. The fraction of sp³-hybridized carbons (Fsp3) is 0.333. The first kappa shape index (κ1) is 11.9. The summed E-state index contributed by atoms with van der Waals surface area (Å²) in [6.07, 6.45) is 0. The number of amides is 1. The van der Waals surface area contributed by atoms with Gasteiger partial charge in [0.1, 0.15) is 5.76 Å². The first-order valence-corrected chi connectivity index (χ1v) is 6.16. The fourth-order valence-corrected chi connectivity index (χ4v) is 2.35. The van der Waals surface area contributed by atoms with Gasteiger partial charge in [0, 0.05) is 17.0 Å². The summed E-state index contributed by atoms with van der Waals surface area (Å²) in [4.78, 5) is 13.7. The number of nitrogens with one attached hydrogen (secondary N) is 1. The standard InChI is InChI=1S/C12H14N2O2S/c1-7-4-5-11(17-7)12(15)13-6-10-8(2)14-16-9(10)3/h4-5H,6H2,1-3H3,(H,13,15). The van der Waals surface area contributed by atoms with Gasteiger partial charge in [-0.3, -0.25) is 4.79 Å². The minimum atomic E-state index is -0.0527. The van der Waals surface area contributed by atoms with Gasteiger partial charge in [0.2, 0.25) is 0 Å². The van der Waals surface area contributed by atoms with E-state index in [-0.39, 0.29) is 5.91 Å². The number of rotatable bonds is 3. The van der Waals surface area contributed by atoms with Gasteiger partial charge >= 0.3 is 0 Å². The molecule has 2 aromatic rings. The number of hydrogen-bond donors (Lipinski definition) is 1. The molecule has 0 atom stereocenters. The molecule has 17 heavy (non-hydrogen) atoms. The lowest BCUT2D eigenvalue weighted by Crippen LogP contribution is -2.22. The zero-order chi connectivity index (χ0) is 12.4. The van der Waals surface area contributed by atoms with E-state index in [1.165, 1.54) is 11.3 Å². The SMILES string of the molecule is Cc1ccc(C(=O)NCc2c(C)noc2C)s1. The minimum absolute atomic E-state index is 0.0527. The minimum Gasteiger partial charge on any atom is -0.361 e. The van der Waals surface area contributed by atoms with E-state index in [9.17, 15) is 4.79 Å². The summed E-state index contributed by atoms with van der Waals surface area (Å²) >= 11 is 1.49. The molecule has 0 aliphatic rings.